The predicted octanol–water partition coefficient (Wildman–Crippen LogP) is 3.62. The zero-order valence-electron chi connectivity index (χ0n) is 10.5. The third-order valence-electron chi connectivity index (χ3n) is 2.45. The van der Waals surface area contributed by atoms with Gasteiger partial charge in [0.25, 0.3) is 0 Å². The number of benzene rings is 1. The smallest absolute Gasteiger partial charge is 0.119 e. The molecule has 0 saturated carbocycles. The molecule has 0 saturated heterocycles. The maximum atomic E-state index is 5.61. The molecule has 0 N–H and O–H groups in total. The summed E-state index contributed by atoms with van der Waals surface area (Å²) in [5, 5.41) is 0. The molecule has 0 heterocycles. The summed E-state index contributed by atoms with van der Waals surface area (Å²) in [6.07, 6.45) is 0.944. The fourth-order valence-electron chi connectivity index (χ4n) is 1.44. The van der Waals surface area contributed by atoms with Crippen molar-refractivity contribution in [2.24, 2.45) is 0 Å². The molecule has 0 spiro atoms. The van der Waals surface area contributed by atoms with E-state index in [1.807, 2.05) is 19.1 Å². The van der Waals surface area contributed by atoms with Gasteiger partial charge < -0.3 is 9.47 Å². The van der Waals surface area contributed by atoms with E-state index in [0.29, 0.717) is 5.92 Å². The van der Waals surface area contributed by atoms with Gasteiger partial charge in [0.1, 0.15) is 5.75 Å². The van der Waals surface area contributed by atoms with Gasteiger partial charge in [-0.1, -0.05) is 26.0 Å². The summed E-state index contributed by atoms with van der Waals surface area (Å²) in [5.74, 6) is 1.52. The fraction of sp³-hybridized carbons (Fsp3) is 0.571. The maximum absolute atomic E-state index is 5.61. The first-order valence-corrected chi connectivity index (χ1v) is 6.04. The SMILES string of the molecule is CCOCCCOc1ccc(C(C)C)cc1. The van der Waals surface area contributed by atoms with Crippen molar-refractivity contribution in [3.05, 3.63) is 29.8 Å². The van der Waals surface area contributed by atoms with E-state index >= 15 is 0 Å². The number of rotatable bonds is 7. The van der Waals surface area contributed by atoms with Crippen molar-refractivity contribution in [3.8, 4) is 5.75 Å². The Morgan fingerprint density at radius 2 is 1.75 bits per heavy atom. The lowest BCUT2D eigenvalue weighted by Gasteiger charge is -2.08. The van der Waals surface area contributed by atoms with Gasteiger partial charge in [-0.05, 0) is 30.5 Å². The van der Waals surface area contributed by atoms with E-state index in [2.05, 4.69) is 26.0 Å². The molecule has 1 aromatic carbocycles. The molecule has 0 fully saturated rings. The van der Waals surface area contributed by atoms with Gasteiger partial charge in [-0.2, -0.15) is 0 Å². The highest BCUT2D eigenvalue weighted by Gasteiger charge is 1.99. The van der Waals surface area contributed by atoms with Gasteiger partial charge in [0.05, 0.1) is 6.61 Å². The zero-order valence-corrected chi connectivity index (χ0v) is 10.5. The van der Waals surface area contributed by atoms with E-state index in [4.69, 9.17) is 9.47 Å². The van der Waals surface area contributed by atoms with Crippen LogP contribution in [-0.4, -0.2) is 19.8 Å². The maximum Gasteiger partial charge on any atom is 0.119 e. The van der Waals surface area contributed by atoms with Crippen LogP contribution in [0.2, 0.25) is 0 Å². The van der Waals surface area contributed by atoms with Crippen molar-refractivity contribution >= 4 is 0 Å². The second-order valence-electron chi connectivity index (χ2n) is 4.12. The molecule has 0 aliphatic carbocycles. The standard InChI is InChI=1S/C14H22O2/c1-4-15-10-5-11-16-14-8-6-13(7-9-14)12(2)3/h6-9,12H,4-5,10-11H2,1-3H3. The molecule has 0 atom stereocenters. The highest BCUT2D eigenvalue weighted by Crippen LogP contribution is 2.18. The normalized spacial score (nSPS) is 10.8. The second-order valence-corrected chi connectivity index (χ2v) is 4.12. The fourth-order valence-corrected chi connectivity index (χ4v) is 1.44. The molecule has 0 aromatic heterocycles. The summed E-state index contributed by atoms with van der Waals surface area (Å²) < 4.78 is 10.8. The zero-order chi connectivity index (χ0) is 11.8. The summed E-state index contributed by atoms with van der Waals surface area (Å²) >= 11 is 0. The summed E-state index contributed by atoms with van der Waals surface area (Å²) in [6, 6.07) is 8.33. The lowest BCUT2D eigenvalue weighted by Crippen LogP contribution is -2.02. The predicted molar refractivity (Wildman–Crippen MR) is 67.1 cm³/mol. The second kappa shape index (κ2) is 7.29. The largest absolute Gasteiger partial charge is 0.494 e. The van der Waals surface area contributed by atoms with E-state index in [1.54, 1.807) is 0 Å². The first-order chi connectivity index (χ1) is 7.74. The molecule has 0 unspecified atom stereocenters. The van der Waals surface area contributed by atoms with Crippen molar-refractivity contribution in [2.75, 3.05) is 19.8 Å². The molecule has 2 nitrogen and oxygen atoms in total. The Hall–Kier alpha value is -1.02. The van der Waals surface area contributed by atoms with Crippen LogP contribution in [0.4, 0.5) is 0 Å². The summed E-state index contributed by atoms with van der Waals surface area (Å²) in [7, 11) is 0. The Labute approximate surface area is 98.6 Å². The van der Waals surface area contributed by atoms with E-state index < -0.39 is 0 Å². The molecule has 0 aliphatic rings. The van der Waals surface area contributed by atoms with Crippen molar-refractivity contribution in [1.82, 2.24) is 0 Å². The Kier molecular flexibility index (Phi) is 5.94. The lowest BCUT2D eigenvalue weighted by atomic mass is 10.0. The van der Waals surface area contributed by atoms with Crippen LogP contribution in [0.5, 0.6) is 5.75 Å². The highest BCUT2D eigenvalue weighted by atomic mass is 16.5. The van der Waals surface area contributed by atoms with Gasteiger partial charge in [-0.3, -0.25) is 0 Å². The number of hydrogen-bond acceptors (Lipinski definition) is 2. The number of hydrogen-bond donors (Lipinski definition) is 0. The Balaban J connectivity index is 2.27. The van der Waals surface area contributed by atoms with Crippen molar-refractivity contribution in [3.63, 3.8) is 0 Å². The summed E-state index contributed by atoms with van der Waals surface area (Å²) in [5.41, 5.74) is 1.35. The van der Waals surface area contributed by atoms with Crippen LogP contribution in [0.25, 0.3) is 0 Å². The van der Waals surface area contributed by atoms with Gasteiger partial charge in [0, 0.05) is 19.6 Å². The van der Waals surface area contributed by atoms with Crippen LogP contribution < -0.4 is 4.74 Å². The van der Waals surface area contributed by atoms with Crippen LogP contribution >= 0.6 is 0 Å². The van der Waals surface area contributed by atoms with Crippen molar-refractivity contribution in [2.45, 2.75) is 33.1 Å². The first-order valence-electron chi connectivity index (χ1n) is 6.04. The van der Waals surface area contributed by atoms with Crippen LogP contribution in [0.3, 0.4) is 0 Å². The van der Waals surface area contributed by atoms with E-state index in [-0.39, 0.29) is 0 Å². The molecule has 2 heteroatoms. The van der Waals surface area contributed by atoms with Crippen LogP contribution in [0.15, 0.2) is 24.3 Å². The third-order valence-corrected chi connectivity index (χ3v) is 2.45. The minimum atomic E-state index is 0.576. The van der Waals surface area contributed by atoms with Gasteiger partial charge in [0.15, 0.2) is 0 Å². The molecule has 1 aromatic rings. The van der Waals surface area contributed by atoms with Crippen LogP contribution in [0, 0.1) is 0 Å². The molecular formula is C14H22O2. The van der Waals surface area contributed by atoms with Crippen molar-refractivity contribution < 1.29 is 9.47 Å². The average Bonchev–Trinajstić information content (AvgIpc) is 2.29. The van der Waals surface area contributed by atoms with Gasteiger partial charge in [0.2, 0.25) is 0 Å². The summed E-state index contributed by atoms with van der Waals surface area (Å²) in [4.78, 5) is 0. The molecular weight excluding hydrogens is 200 g/mol. The molecule has 16 heavy (non-hydrogen) atoms. The number of ether oxygens (including phenoxy) is 2. The summed E-state index contributed by atoms with van der Waals surface area (Å²) in [6.45, 7) is 8.67. The quantitative estimate of drug-likeness (QED) is 0.656. The molecule has 0 bridgehead atoms. The Morgan fingerprint density at radius 1 is 1.06 bits per heavy atom. The highest BCUT2D eigenvalue weighted by molar-refractivity contribution is 5.28. The third kappa shape index (κ3) is 4.67. The van der Waals surface area contributed by atoms with Crippen molar-refractivity contribution in [1.29, 1.82) is 0 Å². The minimum absolute atomic E-state index is 0.576. The van der Waals surface area contributed by atoms with Crippen LogP contribution in [-0.2, 0) is 4.74 Å². The van der Waals surface area contributed by atoms with Gasteiger partial charge in [-0.25, -0.2) is 0 Å². The molecule has 90 valence electrons. The minimum Gasteiger partial charge on any atom is -0.494 e. The molecule has 0 aliphatic heterocycles. The first kappa shape index (κ1) is 13.0. The lowest BCUT2D eigenvalue weighted by molar-refractivity contribution is 0.131. The van der Waals surface area contributed by atoms with E-state index in [9.17, 15) is 0 Å². The molecule has 0 amide bonds. The van der Waals surface area contributed by atoms with Gasteiger partial charge in [-0.15, -0.1) is 0 Å². The molecule has 1 rings (SSSR count). The Morgan fingerprint density at radius 3 is 2.31 bits per heavy atom. The monoisotopic (exact) mass is 222 g/mol. The van der Waals surface area contributed by atoms with Gasteiger partial charge >= 0.3 is 0 Å². The molecule has 0 radical (unpaired) electrons. The Bertz CT molecular complexity index is 277. The van der Waals surface area contributed by atoms with E-state index in [0.717, 1.165) is 32.0 Å². The van der Waals surface area contributed by atoms with E-state index in [1.165, 1.54) is 5.56 Å². The van der Waals surface area contributed by atoms with Crippen LogP contribution in [0.1, 0.15) is 38.7 Å². The topological polar surface area (TPSA) is 18.5 Å². The average molecular weight is 222 g/mol.